The zero-order valence-corrected chi connectivity index (χ0v) is 21.6. The van der Waals surface area contributed by atoms with E-state index in [1.807, 2.05) is 13.8 Å². The number of alkyl halides is 3. The van der Waals surface area contributed by atoms with E-state index in [2.05, 4.69) is 5.32 Å². The van der Waals surface area contributed by atoms with Crippen LogP contribution in [0.2, 0.25) is 0 Å². The molecule has 36 heavy (non-hydrogen) atoms. The van der Waals surface area contributed by atoms with Gasteiger partial charge >= 0.3 is 6.18 Å². The van der Waals surface area contributed by atoms with E-state index in [1.54, 1.807) is 37.3 Å². The molecule has 2 aliphatic rings. The van der Waals surface area contributed by atoms with Crippen LogP contribution in [0.4, 0.5) is 18.9 Å². The van der Waals surface area contributed by atoms with E-state index in [4.69, 9.17) is 9.47 Å². The highest BCUT2D eigenvalue weighted by molar-refractivity contribution is 5.98. The number of ether oxygens (including phenoxy) is 2. The lowest BCUT2D eigenvalue weighted by molar-refractivity contribution is -0.140. The van der Waals surface area contributed by atoms with Crippen LogP contribution in [0.3, 0.4) is 0 Å². The Bertz CT molecular complexity index is 905. The minimum atomic E-state index is -4.26. The van der Waals surface area contributed by atoms with Crippen molar-refractivity contribution in [1.29, 1.82) is 0 Å². The minimum absolute atomic E-state index is 0.0187. The van der Waals surface area contributed by atoms with E-state index < -0.39 is 12.6 Å². The molecule has 0 unspecified atom stereocenters. The lowest BCUT2D eigenvalue weighted by Crippen LogP contribution is -2.47. The Morgan fingerprint density at radius 2 is 1.89 bits per heavy atom. The number of carbonyl (C=O) groups excluding carboxylic acids is 2. The van der Waals surface area contributed by atoms with E-state index in [0.29, 0.717) is 23.5 Å². The first-order valence-corrected chi connectivity index (χ1v) is 12.6. The molecule has 10 heteroatoms. The predicted molar refractivity (Wildman–Crippen MR) is 131 cm³/mol. The van der Waals surface area contributed by atoms with E-state index >= 15 is 0 Å². The highest BCUT2D eigenvalue weighted by Gasteiger charge is 2.32. The third-order valence-corrected chi connectivity index (χ3v) is 7.25. The topological polar surface area (TPSA) is 71.1 Å². The number of benzene rings is 1. The second-order valence-corrected chi connectivity index (χ2v) is 10.1. The summed E-state index contributed by atoms with van der Waals surface area (Å²) in [4.78, 5) is 29.2. The summed E-state index contributed by atoms with van der Waals surface area (Å²) in [6.45, 7) is 4.30. The van der Waals surface area contributed by atoms with Gasteiger partial charge < -0.3 is 19.7 Å². The van der Waals surface area contributed by atoms with Gasteiger partial charge in [0.25, 0.3) is 5.91 Å². The van der Waals surface area contributed by atoms with Crippen molar-refractivity contribution in [1.82, 2.24) is 9.80 Å². The normalized spacial score (nSPS) is 25.0. The number of halogens is 3. The summed E-state index contributed by atoms with van der Waals surface area (Å²) in [6, 6.07) is 4.59. The van der Waals surface area contributed by atoms with Crippen molar-refractivity contribution in [3.8, 4) is 5.75 Å². The molecule has 3 atom stereocenters. The number of nitrogens with one attached hydrogen (secondary N) is 1. The van der Waals surface area contributed by atoms with Crippen LogP contribution in [0.5, 0.6) is 5.75 Å². The molecule has 0 bridgehead atoms. The molecule has 1 saturated carbocycles. The Labute approximate surface area is 211 Å². The van der Waals surface area contributed by atoms with Gasteiger partial charge in [-0.15, -0.1) is 0 Å². The number of anilines is 1. The molecule has 1 aromatic rings. The number of hydrogen-bond donors (Lipinski definition) is 1. The molecule has 2 amide bonds. The molecule has 7 nitrogen and oxygen atoms in total. The summed E-state index contributed by atoms with van der Waals surface area (Å²) in [6.07, 6.45) is -1.74. The van der Waals surface area contributed by atoms with Crippen LogP contribution < -0.4 is 10.1 Å². The number of nitrogens with zero attached hydrogens (tertiary/aromatic N) is 2. The Morgan fingerprint density at radius 1 is 1.19 bits per heavy atom. The molecule has 0 spiro atoms. The van der Waals surface area contributed by atoms with Crippen molar-refractivity contribution < 1.29 is 32.2 Å². The lowest BCUT2D eigenvalue weighted by Gasteiger charge is -2.36. The van der Waals surface area contributed by atoms with Gasteiger partial charge in [-0.25, -0.2) is 0 Å². The zero-order valence-electron chi connectivity index (χ0n) is 21.6. The molecular formula is C26H38F3N3O4. The maximum atomic E-state index is 13.3. The highest BCUT2D eigenvalue weighted by Crippen LogP contribution is 2.30. The molecule has 1 aliphatic heterocycles. The van der Waals surface area contributed by atoms with Gasteiger partial charge in [-0.1, -0.05) is 19.8 Å². The largest absolute Gasteiger partial charge is 0.491 e. The predicted octanol–water partition coefficient (Wildman–Crippen LogP) is 4.57. The van der Waals surface area contributed by atoms with Gasteiger partial charge in [0.1, 0.15) is 12.4 Å². The van der Waals surface area contributed by atoms with Gasteiger partial charge in [0.15, 0.2) is 0 Å². The molecule has 3 rings (SSSR count). The van der Waals surface area contributed by atoms with Crippen LogP contribution >= 0.6 is 0 Å². The summed E-state index contributed by atoms with van der Waals surface area (Å²) in [5, 5.41) is 2.93. The molecule has 0 aromatic heterocycles. The van der Waals surface area contributed by atoms with Crippen LogP contribution in [-0.2, 0) is 9.53 Å². The lowest BCUT2D eigenvalue weighted by atomic mass is 10.0. The Balaban J connectivity index is 1.87. The van der Waals surface area contributed by atoms with Gasteiger partial charge in [0, 0.05) is 57.5 Å². The van der Waals surface area contributed by atoms with E-state index in [-0.39, 0.29) is 55.5 Å². The van der Waals surface area contributed by atoms with E-state index in [9.17, 15) is 22.8 Å². The summed E-state index contributed by atoms with van der Waals surface area (Å²) in [5.74, 6) is -0.146. The van der Waals surface area contributed by atoms with Crippen molar-refractivity contribution in [2.75, 3.05) is 45.7 Å². The van der Waals surface area contributed by atoms with Gasteiger partial charge in [0.05, 0.1) is 18.1 Å². The number of rotatable bonds is 5. The van der Waals surface area contributed by atoms with E-state index in [1.165, 1.54) is 4.90 Å². The average molecular weight is 514 g/mol. The number of amides is 2. The fourth-order valence-corrected chi connectivity index (χ4v) is 4.94. The SMILES string of the molecule is CO[C@@H]1CN(C)C(=O)c2ccc(NC(=O)C3CCCC3)cc2OC[C@H](C)N(CCC(F)(F)F)C[C@H]1C. The van der Waals surface area contributed by atoms with Crippen LogP contribution in [0.1, 0.15) is 56.3 Å². The average Bonchev–Trinajstić information content (AvgIpc) is 3.37. The molecule has 1 aromatic carbocycles. The van der Waals surface area contributed by atoms with Crippen molar-refractivity contribution in [2.45, 2.75) is 64.3 Å². The first kappa shape index (κ1) is 28.2. The molecule has 1 N–H and O–H groups in total. The van der Waals surface area contributed by atoms with Crippen molar-refractivity contribution in [2.24, 2.45) is 11.8 Å². The number of fused-ring (bicyclic) bond motifs is 1. The number of hydrogen-bond acceptors (Lipinski definition) is 5. The Morgan fingerprint density at radius 3 is 2.53 bits per heavy atom. The van der Waals surface area contributed by atoms with Crippen molar-refractivity contribution in [3.63, 3.8) is 0 Å². The van der Waals surface area contributed by atoms with Gasteiger partial charge in [-0.2, -0.15) is 13.2 Å². The molecule has 1 aliphatic carbocycles. The third-order valence-electron chi connectivity index (χ3n) is 7.25. The van der Waals surface area contributed by atoms with Crippen LogP contribution in [-0.4, -0.2) is 80.3 Å². The fourth-order valence-electron chi connectivity index (χ4n) is 4.94. The molecule has 202 valence electrons. The Kier molecular flexibility index (Phi) is 9.63. The quantitative estimate of drug-likeness (QED) is 0.625. The van der Waals surface area contributed by atoms with Gasteiger partial charge in [0.2, 0.25) is 5.91 Å². The molecule has 1 fully saturated rings. The van der Waals surface area contributed by atoms with Gasteiger partial charge in [-0.05, 0) is 37.8 Å². The second-order valence-electron chi connectivity index (χ2n) is 10.1. The number of carbonyl (C=O) groups is 2. The maximum Gasteiger partial charge on any atom is 0.390 e. The molecular weight excluding hydrogens is 475 g/mol. The van der Waals surface area contributed by atoms with Crippen LogP contribution in [0, 0.1) is 11.8 Å². The summed E-state index contributed by atoms with van der Waals surface area (Å²) in [7, 11) is 3.21. The smallest absolute Gasteiger partial charge is 0.390 e. The zero-order chi connectivity index (χ0) is 26.5. The fraction of sp³-hybridized carbons (Fsp3) is 0.692. The van der Waals surface area contributed by atoms with Crippen molar-refractivity contribution in [3.05, 3.63) is 23.8 Å². The maximum absolute atomic E-state index is 13.3. The first-order valence-electron chi connectivity index (χ1n) is 12.6. The number of methoxy groups -OCH3 is 1. The summed E-state index contributed by atoms with van der Waals surface area (Å²) >= 11 is 0. The van der Waals surface area contributed by atoms with E-state index in [0.717, 1.165) is 25.7 Å². The summed E-state index contributed by atoms with van der Waals surface area (Å²) < 4.78 is 50.7. The van der Waals surface area contributed by atoms with Crippen LogP contribution in [0.15, 0.2) is 18.2 Å². The monoisotopic (exact) mass is 513 g/mol. The standard InChI is InChI=1S/C26H38F3N3O4/c1-17-14-32(12-11-26(27,28)29)18(2)16-36-22-13-20(30-24(33)19-7-5-6-8-19)9-10-21(22)25(34)31(3)15-23(17)35-4/h9-10,13,17-19,23H,5-8,11-12,14-16H2,1-4H3,(H,30,33)/t17-,18+,23-/m1/s1. The van der Waals surface area contributed by atoms with Gasteiger partial charge in [-0.3, -0.25) is 14.5 Å². The Hall–Kier alpha value is -2.33. The molecule has 0 radical (unpaired) electrons. The molecule has 0 saturated heterocycles. The number of likely N-dealkylation sites (N-methyl/N-ethyl adjacent to an activating group) is 1. The third kappa shape index (κ3) is 7.59. The minimum Gasteiger partial charge on any atom is -0.491 e. The first-order chi connectivity index (χ1) is 17.0. The van der Waals surface area contributed by atoms with Crippen molar-refractivity contribution >= 4 is 17.5 Å². The molecule has 1 heterocycles. The summed E-state index contributed by atoms with van der Waals surface area (Å²) in [5.41, 5.74) is 0.853. The second kappa shape index (κ2) is 12.3. The highest BCUT2D eigenvalue weighted by atomic mass is 19.4. The van der Waals surface area contributed by atoms with Crippen LogP contribution in [0.25, 0.3) is 0 Å².